The number of hydrogen-bond acceptors (Lipinski definition) is 4. The molecule has 2 aromatic heterocycles. The zero-order valence-electron chi connectivity index (χ0n) is 17.4. The number of nitrogens with zero attached hydrogens (tertiary/aromatic N) is 4. The van der Waals surface area contributed by atoms with Crippen molar-refractivity contribution in [1.82, 2.24) is 19.1 Å². The van der Waals surface area contributed by atoms with E-state index in [1.165, 1.54) is 16.6 Å². The fourth-order valence-corrected chi connectivity index (χ4v) is 4.59. The molecule has 0 aliphatic carbocycles. The lowest BCUT2D eigenvalue weighted by Gasteiger charge is -2.35. The van der Waals surface area contributed by atoms with Gasteiger partial charge in [-0.05, 0) is 36.7 Å². The maximum atomic E-state index is 12.7. The molecule has 0 spiro atoms. The van der Waals surface area contributed by atoms with E-state index in [2.05, 4.69) is 35.9 Å². The van der Waals surface area contributed by atoms with Gasteiger partial charge < -0.3 is 9.47 Å². The predicted octanol–water partition coefficient (Wildman–Crippen LogP) is 2.54. The summed E-state index contributed by atoms with van der Waals surface area (Å²) in [5.74, 6) is 1.94. The molecule has 1 saturated heterocycles. The Hall–Kier alpha value is -2.83. The first-order valence-electron chi connectivity index (χ1n) is 10.4. The molecule has 0 amide bonds. The molecular weight excluding hydrogens is 366 g/mol. The van der Waals surface area contributed by atoms with Crippen molar-refractivity contribution in [3.05, 3.63) is 56.7 Å². The van der Waals surface area contributed by atoms with Crippen LogP contribution in [0.5, 0.6) is 0 Å². The largest absolute Gasteiger partial charge is 0.342 e. The Morgan fingerprint density at radius 1 is 1.10 bits per heavy atom. The van der Waals surface area contributed by atoms with Crippen LogP contribution >= 0.6 is 0 Å². The van der Waals surface area contributed by atoms with E-state index in [-0.39, 0.29) is 5.56 Å². The lowest BCUT2D eigenvalue weighted by Crippen LogP contribution is -2.40. The zero-order valence-corrected chi connectivity index (χ0v) is 17.4. The second kappa shape index (κ2) is 7.89. The summed E-state index contributed by atoms with van der Waals surface area (Å²) in [4.78, 5) is 34.3. The molecule has 0 saturated carbocycles. The highest BCUT2D eigenvalue weighted by Gasteiger charge is 2.27. The second-order valence-electron chi connectivity index (χ2n) is 8.49. The molecule has 0 bridgehead atoms. The highest BCUT2D eigenvalue weighted by Crippen LogP contribution is 2.28. The van der Waals surface area contributed by atoms with E-state index < -0.39 is 5.69 Å². The van der Waals surface area contributed by atoms with E-state index >= 15 is 0 Å². The van der Waals surface area contributed by atoms with E-state index in [1.807, 2.05) is 22.8 Å². The van der Waals surface area contributed by atoms with Crippen molar-refractivity contribution in [2.45, 2.75) is 39.7 Å². The van der Waals surface area contributed by atoms with Crippen molar-refractivity contribution in [2.75, 3.05) is 18.0 Å². The number of aryl methyl sites for hydroxylation is 3. The van der Waals surface area contributed by atoms with Gasteiger partial charge in [0.25, 0.3) is 5.56 Å². The van der Waals surface area contributed by atoms with Crippen LogP contribution in [0, 0.1) is 11.8 Å². The van der Waals surface area contributed by atoms with Gasteiger partial charge in [0.15, 0.2) is 11.2 Å². The van der Waals surface area contributed by atoms with Gasteiger partial charge in [-0.25, -0.2) is 4.79 Å². The van der Waals surface area contributed by atoms with Crippen molar-refractivity contribution in [1.29, 1.82) is 0 Å². The first-order valence-corrected chi connectivity index (χ1v) is 10.4. The van der Waals surface area contributed by atoms with Gasteiger partial charge in [0.1, 0.15) is 0 Å². The molecule has 0 unspecified atom stereocenters. The predicted molar refractivity (Wildman–Crippen MR) is 116 cm³/mol. The van der Waals surface area contributed by atoms with E-state index in [0.29, 0.717) is 29.5 Å². The topological polar surface area (TPSA) is 75.9 Å². The van der Waals surface area contributed by atoms with Crippen LogP contribution in [0.2, 0.25) is 0 Å². The smallest absolute Gasteiger partial charge is 0.329 e. The standard InChI is InChI=1S/C22H29N5O2/c1-15-12-16(2)14-26(13-15)21-23-19-18(20(28)24-22(29)25(19)3)27(21)11-7-10-17-8-5-4-6-9-17/h4-6,8-9,15-16H,7,10-14H2,1-3H3,(H,24,28,29)/t15-,16-/m1/s1. The molecule has 3 aromatic rings. The van der Waals surface area contributed by atoms with E-state index in [4.69, 9.17) is 4.98 Å². The lowest BCUT2D eigenvalue weighted by molar-refractivity contribution is 0.351. The molecule has 7 heteroatoms. The van der Waals surface area contributed by atoms with Crippen molar-refractivity contribution < 1.29 is 0 Å². The highest BCUT2D eigenvalue weighted by atomic mass is 16.2. The number of anilines is 1. The number of nitrogens with one attached hydrogen (secondary N) is 1. The SMILES string of the molecule is C[C@@H]1C[C@@H](C)CN(c2nc3c(c(=O)[nH]c(=O)n3C)n2CCCc2ccccc2)C1. The normalized spacial score (nSPS) is 19.8. The maximum absolute atomic E-state index is 12.7. The minimum absolute atomic E-state index is 0.361. The molecule has 2 atom stereocenters. The summed E-state index contributed by atoms with van der Waals surface area (Å²) >= 11 is 0. The summed E-state index contributed by atoms with van der Waals surface area (Å²) in [7, 11) is 1.66. The monoisotopic (exact) mass is 395 g/mol. The van der Waals surface area contributed by atoms with Gasteiger partial charge in [0.2, 0.25) is 5.95 Å². The number of imidazole rings is 1. The number of aromatic amines is 1. The number of fused-ring (bicyclic) bond motifs is 1. The fourth-order valence-electron chi connectivity index (χ4n) is 4.59. The van der Waals surface area contributed by atoms with Gasteiger partial charge in [-0.2, -0.15) is 4.98 Å². The van der Waals surface area contributed by atoms with Crippen LogP contribution in [-0.2, 0) is 20.0 Å². The third kappa shape index (κ3) is 3.86. The van der Waals surface area contributed by atoms with Gasteiger partial charge >= 0.3 is 5.69 Å². The zero-order chi connectivity index (χ0) is 20.5. The number of benzene rings is 1. The minimum Gasteiger partial charge on any atom is -0.342 e. The van der Waals surface area contributed by atoms with Crippen molar-refractivity contribution in [3.8, 4) is 0 Å². The van der Waals surface area contributed by atoms with Gasteiger partial charge in [-0.3, -0.25) is 14.3 Å². The first-order chi connectivity index (χ1) is 13.9. The lowest BCUT2D eigenvalue weighted by atomic mass is 9.92. The van der Waals surface area contributed by atoms with Gasteiger partial charge in [-0.1, -0.05) is 44.2 Å². The molecule has 29 heavy (non-hydrogen) atoms. The summed E-state index contributed by atoms with van der Waals surface area (Å²) in [6.07, 6.45) is 3.02. The number of H-pyrrole nitrogens is 1. The van der Waals surface area contributed by atoms with Crippen molar-refractivity contribution in [3.63, 3.8) is 0 Å². The Bertz CT molecular complexity index is 1100. The third-order valence-corrected chi connectivity index (χ3v) is 5.83. The average Bonchev–Trinajstić information content (AvgIpc) is 3.07. The van der Waals surface area contributed by atoms with Gasteiger partial charge in [-0.15, -0.1) is 0 Å². The Labute approximate surface area is 170 Å². The van der Waals surface area contributed by atoms with E-state index in [1.54, 1.807) is 7.05 Å². The molecule has 1 N–H and O–H groups in total. The van der Waals surface area contributed by atoms with Gasteiger partial charge in [0, 0.05) is 26.7 Å². The first kappa shape index (κ1) is 19.5. The van der Waals surface area contributed by atoms with E-state index in [9.17, 15) is 9.59 Å². The fraction of sp³-hybridized carbons (Fsp3) is 0.500. The maximum Gasteiger partial charge on any atom is 0.329 e. The Morgan fingerprint density at radius 2 is 1.79 bits per heavy atom. The number of hydrogen-bond donors (Lipinski definition) is 1. The molecule has 4 rings (SSSR count). The summed E-state index contributed by atoms with van der Waals surface area (Å²) in [5, 5.41) is 0. The third-order valence-electron chi connectivity index (χ3n) is 5.83. The van der Waals surface area contributed by atoms with Crippen LogP contribution in [0.4, 0.5) is 5.95 Å². The molecule has 7 nitrogen and oxygen atoms in total. The van der Waals surface area contributed by atoms with Crippen LogP contribution in [-0.4, -0.2) is 32.2 Å². The molecule has 154 valence electrons. The second-order valence-corrected chi connectivity index (χ2v) is 8.49. The molecule has 1 fully saturated rings. The molecule has 0 radical (unpaired) electrons. The Balaban J connectivity index is 1.74. The number of rotatable bonds is 5. The quantitative estimate of drug-likeness (QED) is 0.720. The average molecular weight is 396 g/mol. The summed E-state index contributed by atoms with van der Waals surface area (Å²) in [6.45, 7) is 7.03. The van der Waals surface area contributed by atoms with E-state index in [0.717, 1.165) is 31.9 Å². The Kier molecular flexibility index (Phi) is 5.30. The summed E-state index contributed by atoms with van der Waals surface area (Å²) < 4.78 is 3.45. The number of aromatic nitrogens is 4. The van der Waals surface area contributed by atoms with Crippen LogP contribution < -0.4 is 16.1 Å². The van der Waals surface area contributed by atoms with Gasteiger partial charge in [0.05, 0.1) is 0 Å². The molecule has 1 aliphatic rings. The number of piperidine rings is 1. The molecule has 3 heterocycles. The van der Waals surface area contributed by atoms with Crippen LogP contribution in [0.25, 0.3) is 11.2 Å². The summed E-state index contributed by atoms with van der Waals surface area (Å²) in [6, 6.07) is 10.4. The Morgan fingerprint density at radius 3 is 2.48 bits per heavy atom. The van der Waals surface area contributed by atoms with Crippen LogP contribution in [0.15, 0.2) is 39.9 Å². The summed E-state index contributed by atoms with van der Waals surface area (Å²) in [5.41, 5.74) is 1.43. The van der Waals surface area contributed by atoms with Crippen molar-refractivity contribution >= 4 is 17.1 Å². The van der Waals surface area contributed by atoms with Crippen molar-refractivity contribution in [2.24, 2.45) is 18.9 Å². The van der Waals surface area contributed by atoms with Crippen LogP contribution in [0.1, 0.15) is 32.3 Å². The van der Waals surface area contributed by atoms with Crippen LogP contribution in [0.3, 0.4) is 0 Å². The molecule has 1 aromatic carbocycles. The molecule has 1 aliphatic heterocycles. The molecular formula is C22H29N5O2. The highest BCUT2D eigenvalue weighted by molar-refractivity contribution is 5.74. The minimum atomic E-state index is -0.427.